The van der Waals surface area contributed by atoms with Gasteiger partial charge >= 0.3 is 0 Å². The van der Waals surface area contributed by atoms with Gasteiger partial charge in [0.1, 0.15) is 0 Å². The molecule has 1 atom stereocenters. The van der Waals surface area contributed by atoms with E-state index in [0.29, 0.717) is 0 Å². The van der Waals surface area contributed by atoms with Gasteiger partial charge in [0.15, 0.2) is 0 Å². The summed E-state index contributed by atoms with van der Waals surface area (Å²) in [7, 11) is 0. The van der Waals surface area contributed by atoms with Gasteiger partial charge in [-0.15, -0.1) is 0 Å². The Hall–Kier alpha value is -1.19. The zero-order valence-electron chi connectivity index (χ0n) is 11.6. The molecule has 0 radical (unpaired) electrons. The van der Waals surface area contributed by atoms with E-state index >= 15 is 0 Å². The second-order valence-corrected chi connectivity index (χ2v) is 5.60. The van der Waals surface area contributed by atoms with E-state index in [1.165, 1.54) is 16.7 Å². The van der Waals surface area contributed by atoms with Crippen LogP contribution in [0.2, 0.25) is 0 Å². The molecule has 0 saturated carbocycles. The second kappa shape index (κ2) is 6.31. The zero-order valence-corrected chi connectivity index (χ0v) is 13.2. The molecule has 0 bridgehead atoms. The largest absolute Gasteiger partial charge is 0.306 e. The first-order chi connectivity index (χ1) is 9.11. The van der Waals surface area contributed by atoms with Gasteiger partial charge in [-0.2, -0.15) is 0 Å². The van der Waals surface area contributed by atoms with Gasteiger partial charge < -0.3 is 5.32 Å². The van der Waals surface area contributed by atoms with E-state index in [4.69, 9.17) is 0 Å². The van der Waals surface area contributed by atoms with Gasteiger partial charge in [-0.25, -0.2) is 0 Å². The molecule has 3 heteroatoms. The summed E-state index contributed by atoms with van der Waals surface area (Å²) in [5, 5.41) is 3.52. The van der Waals surface area contributed by atoms with Crippen LogP contribution in [-0.2, 0) is 0 Å². The fourth-order valence-corrected chi connectivity index (χ4v) is 2.85. The van der Waals surface area contributed by atoms with Crippen LogP contribution in [0.25, 0.3) is 0 Å². The summed E-state index contributed by atoms with van der Waals surface area (Å²) in [6.07, 6.45) is 1.95. The molecule has 0 amide bonds. The molecule has 1 aromatic heterocycles. The molecular formula is C16H19BrN2. The smallest absolute Gasteiger partial charge is 0.0603 e. The van der Waals surface area contributed by atoms with E-state index in [2.05, 4.69) is 70.4 Å². The molecule has 0 fully saturated rings. The highest BCUT2D eigenvalue weighted by molar-refractivity contribution is 9.10. The Morgan fingerprint density at radius 3 is 2.58 bits per heavy atom. The fraction of sp³-hybridized carbons (Fsp3) is 0.312. The molecule has 0 aliphatic heterocycles. The van der Waals surface area contributed by atoms with E-state index in [9.17, 15) is 0 Å². The topological polar surface area (TPSA) is 24.9 Å². The van der Waals surface area contributed by atoms with Crippen molar-refractivity contribution < 1.29 is 0 Å². The lowest BCUT2D eigenvalue weighted by Crippen LogP contribution is -2.22. The summed E-state index contributed by atoms with van der Waals surface area (Å²) >= 11 is 3.67. The van der Waals surface area contributed by atoms with Crippen molar-refractivity contribution in [3.8, 4) is 0 Å². The number of halogens is 1. The first-order valence-corrected chi connectivity index (χ1v) is 7.33. The van der Waals surface area contributed by atoms with Gasteiger partial charge in [0, 0.05) is 16.4 Å². The summed E-state index contributed by atoms with van der Waals surface area (Å²) in [5.41, 5.74) is 4.74. The molecule has 1 N–H and O–H groups in total. The van der Waals surface area contributed by atoms with Crippen molar-refractivity contribution in [3.05, 3.63) is 63.4 Å². The number of aromatic nitrogens is 1. The monoisotopic (exact) mass is 318 g/mol. The number of benzene rings is 1. The predicted molar refractivity (Wildman–Crippen MR) is 83.4 cm³/mol. The van der Waals surface area contributed by atoms with Gasteiger partial charge in [0.2, 0.25) is 0 Å². The van der Waals surface area contributed by atoms with E-state index in [1.54, 1.807) is 0 Å². The Balaban J connectivity index is 2.41. The Labute approximate surface area is 123 Å². The molecule has 1 unspecified atom stereocenters. The number of rotatable bonds is 4. The lowest BCUT2D eigenvalue weighted by molar-refractivity contribution is 0.626. The van der Waals surface area contributed by atoms with E-state index in [1.807, 2.05) is 13.1 Å². The second-order valence-electron chi connectivity index (χ2n) is 4.75. The number of nitrogens with zero attached hydrogens (tertiary/aromatic N) is 1. The van der Waals surface area contributed by atoms with Crippen LogP contribution in [0.3, 0.4) is 0 Å². The maximum atomic E-state index is 4.40. The van der Waals surface area contributed by atoms with Gasteiger partial charge in [-0.05, 0) is 49.2 Å². The minimum absolute atomic E-state index is 0.174. The summed E-state index contributed by atoms with van der Waals surface area (Å²) in [4.78, 5) is 4.40. The first kappa shape index (κ1) is 14.2. The summed E-state index contributed by atoms with van der Waals surface area (Å²) in [5.74, 6) is 0. The minimum atomic E-state index is 0.174. The molecule has 19 heavy (non-hydrogen) atoms. The van der Waals surface area contributed by atoms with Crippen LogP contribution in [0.4, 0.5) is 0 Å². The van der Waals surface area contributed by atoms with Crippen LogP contribution < -0.4 is 5.32 Å². The van der Waals surface area contributed by atoms with Crippen molar-refractivity contribution in [1.29, 1.82) is 0 Å². The quantitative estimate of drug-likeness (QED) is 0.915. The lowest BCUT2D eigenvalue weighted by Gasteiger charge is -2.20. The highest BCUT2D eigenvalue weighted by Gasteiger charge is 2.16. The first-order valence-electron chi connectivity index (χ1n) is 6.53. The Bertz CT molecular complexity index is 549. The SMILES string of the molecule is CCNC(c1ccc(C)nc1)c1ccc(C)cc1Br. The summed E-state index contributed by atoms with van der Waals surface area (Å²) < 4.78 is 1.14. The third kappa shape index (κ3) is 3.43. The van der Waals surface area contributed by atoms with Gasteiger partial charge in [-0.3, -0.25) is 4.98 Å². The van der Waals surface area contributed by atoms with Crippen molar-refractivity contribution in [2.24, 2.45) is 0 Å². The Kier molecular flexibility index (Phi) is 4.72. The highest BCUT2D eigenvalue weighted by atomic mass is 79.9. The summed E-state index contributed by atoms with van der Waals surface area (Å²) in [6.45, 7) is 7.15. The van der Waals surface area contributed by atoms with Gasteiger partial charge in [0.05, 0.1) is 6.04 Å². The standard InChI is InChI=1S/C16H19BrN2/c1-4-18-16(13-7-6-12(3)19-10-13)14-8-5-11(2)9-15(14)17/h5-10,16,18H,4H2,1-3H3. The van der Waals surface area contributed by atoms with Crippen LogP contribution in [0.5, 0.6) is 0 Å². The molecule has 100 valence electrons. The van der Waals surface area contributed by atoms with Gasteiger partial charge in [-0.1, -0.05) is 41.1 Å². The molecule has 1 heterocycles. The average molecular weight is 319 g/mol. The van der Waals surface area contributed by atoms with Crippen LogP contribution in [0.1, 0.15) is 35.3 Å². The maximum absolute atomic E-state index is 4.40. The van der Waals surface area contributed by atoms with Crippen molar-refractivity contribution >= 4 is 15.9 Å². The van der Waals surface area contributed by atoms with E-state index < -0.39 is 0 Å². The maximum Gasteiger partial charge on any atom is 0.0603 e. The molecule has 0 aliphatic rings. The number of pyridine rings is 1. The molecule has 1 aromatic carbocycles. The van der Waals surface area contributed by atoms with Gasteiger partial charge in [0.25, 0.3) is 0 Å². The molecular weight excluding hydrogens is 300 g/mol. The Morgan fingerprint density at radius 2 is 2.00 bits per heavy atom. The third-order valence-electron chi connectivity index (χ3n) is 3.14. The van der Waals surface area contributed by atoms with Crippen LogP contribution in [0.15, 0.2) is 41.0 Å². The van der Waals surface area contributed by atoms with E-state index in [-0.39, 0.29) is 6.04 Å². The number of hydrogen-bond donors (Lipinski definition) is 1. The Morgan fingerprint density at radius 1 is 1.21 bits per heavy atom. The van der Waals surface area contributed by atoms with E-state index in [0.717, 1.165) is 16.7 Å². The molecule has 2 rings (SSSR count). The van der Waals surface area contributed by atoms with Crippen molar-refractivity contribution in [3.63, 3.8) is 0 Å². The molecule has 0 spiro atoms. The number of aryl methyl sites for hydroxylation is 2. The lowest BCUT2D eigenvalue weighted by atomic mass is 9.99. The zero-order chi connectivity index (χ0) is 13.8. The molecule has 2 nitrogen and oxygen atoms in total. The van der Waals surface area contributed by atoms with Crippen molar-refractivity contribution in [2.75, 3.05) is 6.54 Å². The average Bonchev–Trinajstić information content (AvgIpc) is 2.38. The van der Waals surface area contributed by atoms with Crippen LogP contribution in [-0.4, -0.2) is 11.5 Å². The van der Waals surface area contributed by atoms with Crippen molar-refractivity contribution in [1.82, 2.24) is 10.3 Å². The van der Waals surface area contributed by atoms with Crippen molar-refractivity contribution in [2.45, 2.75) is 26.8 Å². The predicted octanol–water partition coefficient (Wildman–Crippen LogP) is 4.16. The molecule has 2 aromatic rings. The summed E-state index contributed by atoms with van der Waals surface area (Å²) in [6, 6.07) is 10.8. The highest BCUT2D eigenvalue weighted by Crippen LogP contribution is 2.29. The molecule has 0 aliphatic carbocycles. The minimum Gasteiger partial charge on any atom is -0.306 e. The molecule has 0 saturated heterocycles. The normalized spacial score (nSPS) is 12.4. The fourth-order valence-electron chi connectivity index (χ4n) is 2.13. The number of nitrogens with one attached hydrogen (secondary N) is 1. The van der Waals surface area contributed by atoms with Crippen LogP contribution >= 0.6 is 15.9 Å². The number of hydrogen-bond acceptors (Lipinski definition) is 2. The van der Waals surface area contributed by atoms with Crippen LogP contribution in [0, 0.1) is 13.8 Å². The third-order valence-corrected chi connectivity index (χ3v) is 3.83.